The lowest BCUT2D eigenvalue weighted by molar-refractivity contribution is -0.385. The summed E-state index contributed by atoms with van der Waals surface area (Å²) in [5, 5.41) is 13.6. The number of nitrogens with one attached hydrogen (secondary N) is 1. The molecule has 0 fully saturated rings. The highest BCUT2D eigenvalue weighted by Gasteiger charge is 2.22. The number of anilines is 1. The van der Waals surface area contributed by atoms with Crippen molar-refractivity contribution in [3.05, 3.63) is 61.7 Å². The molecule has 0 spiro atoms. The number of amides is 1. The molecule has 0 aliphatic rings. The van der Waals surface area contributed by atoms with Gasteiger partial charge in [0.05, 0.1) is 10.6 Å². The average molecular weight is 350 g/mol. The fraction of sp³-hybridized carbons (Fsp3) is 0.143. The molecule has 21 heavy (non-hydrogen) atoms. The fourth-order valence-electron chi connectivity index (χ4n) is 1.89. The maximum atomic E-state index is 12.3. The molecule has 0 unspecified atom stereocenters. The van der Waals surface area contributed by atoms with Crippen LogP contribution in [-0.4, -0.2) is 15.8 Å². The van der Waals surface area contributed by atoms with Gasteiger partial charge in [0, 0.05) is 10.5 Å². The molecule has 7 heteroatoms. The Labute approximate surface area is 129 Å². The van der Waals surface area contributed by atoms with Crippen LogP contribution in [0.4, 0.5) is 11.5 Å². The molecule has 0 saturated heterocycles. The molecular formula is C14H12BrN3O3. The van der Waals surface area contributed by atoms with E-state index in [0.29, 0.717) is 17.1 Å². The zero-order valence-electron chi connectivity index (χ0n) is 11.4. The fourth-order valence-corrected chi connectivity index (χ4v) is 2.11. The van der Waals surface area contributed by atoms with Crippen molar-refractivity contribution in [2.24, 2.45) is 0 Å². The van der Waals surface area contributed by atoms with Crippen LogP contribution in [0.1, 0.15) is 21.6 Å². The van der Waals surface area contributed by atoms with Gasteiger partial charge in [-0.15, -0.1) is 0 Å². The molecule has 1 N–H and O–H groups in total. The number of carbonyl (C=O) groups is 1. The number of nitrogens with zero attached hydrogens (tertiary/aromatic N) is 2. The first-order chi connectivity index (χ1) is 9.90. The zero-order chi connectivity index (χ0) is 15.6. The van der Waals surface area contributed by atoms with Crippen molar-refractivity contribution in [1.29, 1.82) is 0 Å². The van der Waals surface area contributed by atoms with Crippen molar-refractivity contribution < 1.29 is 9.72 Å². The maximum Gasteiger partial charge on any atom is 0.282 e. The highest BCUT2D eigenvalue weighted by atomic mass is 79.9. The van der Waals surface area contributed by atoms with E-state index in [1.54, 1.807) is 38.1 Å². The number of rotatable bonds is 3. The van der Waals surface area contributed by atoms with Crippen LogP contribution in [0.2, 0.25) is 0 Å². The number of halogens is 1. The smallest absolute Gasteiger partial charge is 0.282 e. The van der Waals surface area contributed by atoms with Crippen LogP contribution in [0.3, 0.4) is 0 Å². The Balaban J connectivity index is 2.36. The van der Waals surface area contributed by atoms with E-state index in [1.165, 1.54) is 6.07 Å². The summed E-state index contributed by atoms with van der Waals surface area (Å²) in [4.78, 5) is 26.9. The topological polar surface area (TPSA) is 85.1 Å². The Hall–Kier alpha value is -2.28. The molecule has 0 aliphatic heterocycles. The summed E-state index contributed by atoms with van der Waals surface area (Å²) >= 11 is 3.32. The molecule has 0 saturated carbocycles. The molecule has 1 aromatic carbocycles. The average Bonchev–Trinajstić information content (AvgIpc) is 2.42. The largest absolute Gasteiger partial charge is 0.306 e. The van der Waals surface area contributed by atoms with Crippen molar-refractivity contribution in [3.63, 3.8) is 0 Å². The number of hydrogen-bond acceptors (Lipinski definition) is 4. The van der Waals surface area contributed by atoms with Crippen molar-refractivity contribution >= 4 is 33.3 Å². The number of pyridine rings is 1. The van der Waals surface area contributed by atoms with Crippen LogP contribution in [-0.2, 0) is 0 Å². The third kappa shape index (κ3) is 3.25. The molecule has 0 atom stereocenters. The quantitative estimate of drug-likeness (QED) is 0.677. The van der Waals surface area contributed by atoms with E-state index in [1.807, 2.05) is 0 Å². The first kappa shape index (κ1) is 15.1. The van der Waals surface area contributed by atoms with Gasteiger partial charge in [0.25, 0.3) is 11.6 Å². The Morgan fingerprint density at radius 2 is 2.00 bits per heavy atom. The van der Waals surface area contributed by atoms with E-state index in [2.05, 4.69) is 26.2 Å². The summed E-state index contributed by atoms with van der Waals surface area (Å²) in [5.74, 6) is -0.202. The van der Waals surface area contributed by atoms with Gasteiger partial charge in [0.2, 0.25) is 0 Å². The van der Waals surface area contributed by atoms with Crippen LogP contribution < -0.4 is 5.32 Å². The van der Waals surface area contributed by atoms with Crippen molar-refractivity contribution in [2.75, 3.05) is 5.32 Å². The number of benzene rings is 1. The normalized spacial score (nSPS) is 10.2. The molecule has 0 aliphatic carbocycles. The number of carbonyl (C=O) groups excluding carboxylic acids is 1. The molecule has 6 nitrogen and oxygen atoms in total. The minimum absolute atomic E-state index is 0.0462. The standard InChI is InChI=1S/C14H12BrN3O3/c1-8-4-3-5-11(18(20)21)13(8)14(19)17-12-7-6-10(15)9(2)16-12/h3-7H,1-2H3,(H,16,17,19). The summed E-state index contributed by atoms with van der Waals surface area (Å²) in [6.07, 6.45) is 0. The van der Waals surface area contributed by atoms with Crippen molar-refractivity contribution in [2.45, 2.75) is 13.8 Å². The Morgan fingerprint density at radius 1 is 1.29 bits per heavy atom. The minimum atomic E-state index is -0.567. The molecule has 108 valence electrons. The van der Waals surface area contributed by atoms with Crippen molar-refractivity contribution in [1.82, 2.24) is 4.98 Å². The van der Waals surface area contributed by atoms with Crippen LogP contribution in [0.15, 0.2) is 34.8 Å². The molecule has 1 aromatic heterocycles. The molecule has 0 radical (unpaired) electrons. The van der Waals surface area contributed by atoms with Crippen molar-refractivity contribution in [3.8, 4) is 0 Å². The number of aryl methyl sites for hydroxylation is 2. The SMILES string of the molecule is Cc1cccc([N+](=O)[O-])c1C(=O)Nc1ccc(Br)c(C)n1. The van der Waals surface area contributed by atoms with Crippen LogP contribution in [0.5, 0.6) is 0 Å². The summed E-state index contributed by atoms with van der Waals surface area (Å²) < 4.78 is 0.822. The first-order valence-corrected chi connectivity index (χ1v) is 6.88. The maximum absolute atomic E-state index is 12.3. The molecule has 2 rings (SSSR count). The molecule has 1 amide bonds. The lowest BCUT2D eigenvalue weighted by Gasteiger charge is -2.08. The predicted molar refractivity (Wildman–Crippen MR) is 82.5 cm³/mol. The lowest BCUT2D eigenvalue weighted by atomic mass is 10.1. The monoisotopic (exact) mass is 349 g/mol. The second-order valence-electron chi connectivity index (χ2n) is 4.44. The van der Waals surface area contributed by atoms with Gasteiger partial charge in [-0.25, -0.2) is 4.98 Å². The summed E-state index contributed by atoms with van der Waals surface area (Å²) in [5.41, 5.74) is 1.08. The minimum Gasteiger partial charge on any atom is -0.306 e. The van der Waals surface area contributed by atoms with Gasteiger partial charge in [-0.3, -0.25) is 14.9 Å². The van der Waals surface area contributed by atoms with Gasteiger partial charge in [0.1, 0.15) is 11.4 Å². The van der Waals surface area contributed by atoms with Crippen LogP contribution >= 0.6 is 15.9 Å². The van der Waals surface area contributed by atoms with E-state index < -0.39 is 10.8 Å². The van der Waals surface area contributed by atoms with E-state index in [9.17, 15) is 14.9 Å². The van der Waals surface area contributed by atoms with Gasteiger partial charge in [-0.05, 0) is 47.5 Å². The Kier molecular flexibility index (Phi) is 4.32. The zero-order valence-corrected chi connectivity index (χ0v) is 13.0. The van der Waals surface area contributed by atoms with Crippen LogP contribution in [0.25, 0.3) is 0 Å². The Bertz CT molecular complexity index is 731. The second kappa shape index (κ2) is 6.01. The van der Waals surface area contributed by atoms with E-state index >= 15 is 0 Å². The third-order valence-electron chi connectivity index (χ3n) is 2.94. The second-order valence-corrected chi connectivity index (χ2v) is 5.30. The van der Waals surface area contributed by atoms with E-state index in [0.717, 1.165) is 4.47 Å². The summed E-state index contributed by atoms with van der Waals surface area (Å²) in [7, 11) is 0. The summed E-state index contributed by atoms with van der Waals surface area (Å²) in [6, 6.07) is 7.89. The highest BCUT2D eigenvalue weighted by molar-refractivity contribution is 9.10. The Morgan fingerprint density at radius 3 is 2.62 bits per heavy atom. The number of hydrogen-bond donors (Lipinski definition) is 1. The lowest BCUT2D eigenvalue weighted by Crippen LogP contribution is -2.16. The number of aromatic nitrogens is 1. The first-order valence-electron chi connectivity index (χ1n) is 6.08. The number of nitro benzene ring substituents is 1. The molecule has 2 aromatic rings. The van der Waals surface area contributed by atoms with Gasteiger partial charge in [0.15, 0.2) is 0 Å². The molecule has 0 bridgehead atoms. The summed E-state index contributed by atoms with van der Waals surface area (Å²) in [6.45, 7) is 3.44. The molecule has 1 heterocycles. The van der Waals surface area contributed by atoms with Gasteiger partial charge < -0.3 is 5.32 Å². The molecular weight excluding hydrogens is 338 g/mol. The van der Waals surface area contributed by atoms with Gasteiger partial charge in [-0.2, -0.15) is 0 Å². The van der Waals surface area contributed by atoms with Gasteiger partial charge >= 0.3 is 0 Å². The highest BCUT2D eigenvalue weighted by Crippen LogP contribution is 2.23. The van der Waals surface area contributed by atoms with E-state index in [4.69, 9.17) is 0 Å². The number of nitro groups is 1. The van der Waals surface area contributed by atoms with Gasteiger partial charge in [-0.1, -0.05) is 12.1 Å². The van der Waals surface area contributed by atoms with E-state index in [-0.39, 0.29) is 11.3 Å². The predicted octanol–water partition coefficient (Wildman–Crippen LogP) is 3.62. The third-order valence-corrected chi connectivity index (χ3v) is 3.78. The van der Waals surface area contributed by atoms with Crippen LogP contribution in [0, 0.1) is 24.0 Å².